The third-order valence-electron chi connectivity index (χ3n) is 7.71. The van der Waals surface area contributed by atoms with Gasteiger partial charge in [0.2, 0.25) is 0 Å². The fourth-order valence-electron chi connectivity index (χ4n) is 5.62. The fraction of sp³-hybridized carbons (Fsp3) is 0.556. The van der Waals surface area contributed by atoms with Crippen molar-refractivity contribution in [1.82, 2.24) is 24.9 Å². The zero-order valence-corrected chi connectivity index (χ0v) is 20.4. The molecule has 178 valence electrons. The van der Waals surface area contributed by atoms with E-state index in [1.54, 1.807) is 6.20 Å². The van der Waals surface area contributed by atoms with Gasteiger partial charge in [-0.25, -0.2) is 14.5 Å². The van der Waals surface area contributed by atoms with Crippen LogP contribution in [0.15, 0.2) is 30.7 Å². The maximum Gasteiger partial charge on any atom is 0.128 e. The fourth-order valence-corrected chi connectivity index (χ4v) is 5.62. The van der Waals surface area contributed by atoms with E-state index < -0.39 is 0 Å². The summed E-state index contributed by atoms with van der Waals surface area (Å²) in [5.74, 6) is 3.03. The number of piperazine rings is 1. The lowest BCUT2D eigenvalue weighted by Gasteiger charge is -2.28. The number of fused-ring (bicyclic) bond motifs is 1. The van der Waals surface area contributed by atoms with Crippen LogP contribution in [-0.4, -0.2) is 45.8 Å². The van der Waals surface area contributed by atoms with E-state index in [2.05, 4.69) is 53.6 Å². The Bertz CT molecular complexity index is 1140. The average Bonchev–Trinajstić information content (AvgIpc) is 3.27. The number of pyridine rings is 1. The van der Waals surface area contributed by atoms with Gasteiger partial charge in [-0.1, -0.05) is 39.5 Å². The third-order valence-corrected chi connectivity index (χ3v) is 7.71. The summed E-state index contributed by atoms with van der Waals surface area (Å²) in [6.45, 7) is 8.60. The van der Waals surface area contributed by atoms with Gasteiger partial charge in [-0.05, 0) is 36.8 Å². The van der Waals surface area contributed by atoms with Gasteiger partial charge < -0.3 is 10.2 Å². The van der Waals surface area contributed by atoms with Gasteiger partial charge in [0.05, 0.1) is 23.8 Å². The Hall–Kier alpha value is -2.98. The number of aromatic nitrogens is 4. The van der Waals surface area contributed by atoms with Crippen molar-refractivity contribution in [3.8, 4) is 17.3 Å². The SMILES string of the molecule is CC(C)C1CCCC(c2cn3ncc(C#N)c3c(-c3ccc(N4CCNCC4)nc3)n2)CCC1. The molecule has 34 heavy (non-hydrogen) atoms. The molecule has 3 aromatic rings. The summed E-state index contributed by atoms with van der Waals surface area (Å²) in [5, 5.41) is 17.6. The molecule has 1 saturated heterocycles. The lowest BCUT2D eigenvalue weighted by Crippen LogP contribution is -2.43. The maximum atomic E-state index is 9.71. The molecule has 0 radical (unpaired) electrons. The van der Waals surface area contributed by atoms with Gasteiger partial charge in [0.1, 0.15) is 23.0 Å². The lowest BCUT2D eigenvalue weighted by molar-refractivity contribution is 0.286. The molecule has 0 spiro atoms. The Morgan fingerprint density at radius 1 is 1.06 bits per heavy atom. The summed E-state index contributed by atoms with van der Waals surface area (Å²) in [6.07, 6.45) is 13.0. The molecule has 1 N–H and O–H groups in total. The average molecular weight is 458 g/mol. The first kappa shape index (κ1) is 22.8. The van der Waals surface area contributed by atoms with Crippen LogP contribution in [0.3, 0.4) is 0 Å². The Morgan fingerprint density at radius 2 is 1.82 bits per heavy atom. The molecule has 7 heteroatoms. The number of nitriles is 1. The number of anilines is 1. The van der Waals surface area contributed by atoms with Crippen LogP contribution in [0.25, 0.3) is 16.8 Å². The van der Waals surface area contributed by atoms with E-state index >= 15 is 0 Å². The smallest absolute Gasteiger partial charge is 0.128 e. The van der Waals surface area contributed by atoms with Crippen molar-refractivity contribution in [2.45, 2.75) is 58.3 Å². The number of nitrogens with zero attached hydrogens (tertiary/aromatic N) is 6. The Balaban J connectivity index is 1.47. The number of nitrogens with one attached hydrogen (secondary N) is 1. The van der Waals surface area contributed by atoms with Gasteiger partial charge in [-0.15, -0.1) is 0 Å². The van der Waals surface area contributed by atoms with Crippen LogP contribution in [0.5, 0.6) is 0 Å². The number of rotatable bonds is 4. The van der Waals surface area contributed by atoms with E-state index in [1.165, 1.54) is 25.7 Å². The third kappa shape index (κ3) is 4.65. The first-order chi connectivity index (χ1) is 16.6. The van der Waals surface area contributed by atoms with Gasteiger partial charge in [0.25, 0.3) is 0 Å². The summed E-state index contributed by atoms with van der Waals surface area (Å²) in [6, 6.07) is 6.47. The monoisotopic (exact) mass is 457 g/mol. The summed E-state index contributed by atoms with van der Waals surface area (Å²) in [4.78, 5) is 12.2. The van der Waals surface area contributed by atoms with E-state index in [4.69, 9.17) is 9.97 Å². The molecule has 0 bridgehead atoms. The van der Waals surface area contributed by atoms with Gasteiger partial charge >= 0.3 is 0 Å². The number of hydrogen-bond donors (Lipinski definition) is 1. The molecule has 0 amide bonds. The van der Waals surface area contributed by atoms with E-state index in [0.717, 1.165) is 79.1 Å². The Morgan fingerprint density at radius 3 is 2.47 bits per heavy atom. The van der Waals surface area contributed by atoms with Crippen LogP contribution < -0.4 is 10.2 Å². The highest BCUT2D eigenvalue weighted by Gasteiger charge is 2.23. The van der Waals surface area contributed by atoms with E-state index in [0.29, 0.717) is 11.5 Å². The minimum Gasteiger partial charge on any atom is -0.354 e. The summed E-state index contributed by atoms with van der Waals surface area (Å²) in [7, 11) is 0. The standard InChI is InChI=1S/C27H35N7/c1-19(2)20-5-3-7-21(8-4-6-20)24-18-34-27(23(15-28)17-31-34)26(32-24)22-9-10-25(30-16-22)33-13-11-29-12-14-33/h9-10,16-21,29H,3-8,11-14H2,1-2H3. The second-order valence-corrected chi connectivity index (χ2v) is 10.2. The van der Waals surface area contributed by atoms with Crippen molar-refractivity contribution >= 4 is 11.3 Å². The molecule has 2 fully saturated rings. The first-order valence-corrected chi connectivity index (χ1v) is 12.8. The Kier molecular flexibility index (Phi) is 6.77. The second kappa shape index (κ2) is 10.1. The molecule has 1 aliphatic carbocycles. The molecule has 1 aliphatic heterocycles. The normalized spacial score (nSPS) is 21.9. The van der Waals surface area contributed by atoms with E-state index in [-0.39, 0.29) is 0 Å². The van der Waals surface area contributed by atoms with E-state index in [9.17, 15) is 5.26 Å². The molecule has 0 unspecified atom stereocenters. The molecule has 7 nitrogen and oxygen atoms in total. The summed E-state index contributed by atoms with van der Waals surface area (Å²) < 4.78 is 1.86. The van der Waals surface area contributed by atoms with Crippen LogP contribution in [0, 0.1) is 23.2 Å². The summed E-state index contributed by atoms with van der Waals surface area (Å²) in [5.41, 5.74) is 4.16. The van der Waals surface area contributed by atoms with Gasteiger partial charge in [-0.3, -0.25) is 0 Å². The van der Waals surface area contributed by atoms with Crippen LogP contribution in [-0.2, 0) is 0 Å². The number of hydrogen-bond acceptors (Lipinski definition) is 6. The van der Waals surface area contributed by atoms with Crippen molar-refractivity contribution < 1.29 is 0 Å². The van der Waals surface area contributed by atoms with Crippen molar-refractivity contribution in [3.63, 3.8) is 0 Å². The quantitative estimate of drug-likeness (QED) is 0.607. The summed E-state index contributed by atoms with van der Waals surface area (Å²) >= 11 is 0. The van der Waals surface area contributed by atoms with Gasteiger partial charge in [0.15, 0.2) is 0 Å². The lowest BCUT2D eigenvalue weighted by atomic mass is 9.80. The Labute approximate surface area is 202 Å². The molecular weight excluding hydrogens is 422 g/mol. The molecule has 3 aromatic heterocycles. The minimum absolute atomic E-state index is 0.430. The molecule has 2 aliphatic rings. The minimum atomic E-state index is 0.430. The van der Waals surface area contributed by atoms with Crippen molar-refractivity contribution in [2.75, 3.05) is 31.1 Å². The van der Waals surface area contributed by atoms with Gasteiger partial charge in [0, 0.05) is 43.9 Å². The highest BCUT2D eigenvalue weighted by atomic mass is 15.2. The maximum absolute atomic E-state index is 9.71. The van der Waals surface area contributed by atoms with Crippen LogP contribution in [0.1, 0.15) is 69.5 Å². The van der Waals surface area contributed by atoms with Gasteiger partial charge in [-0.2, -0.15) is 10.4 Å². The van der Waals surface area contributed by atoms with Crippen LogP contribution in [0.2, 0.25) is 0 Å². The van der Waals surface area contributed by atoms with Crippen molar-refractivity contribution in [3.05, 3.63) is 42.0 Å². The molecule has 0 atom stereocenters. The molecule has 0 aromatic carbocycles. The largest absolute Gasteiger partial charge is 0.354 e. The highest BCUT2D eigenvalue weighted by Crippen LogP contribution is 2.36. The zero-order chi connectivity index (χ0) is 23.5. The van der Waals surface area contributed by atoms with E-state index in [1.807, 2.05) is 10.7 Å². The molecule has 4 heterocycles. The first-order valence-electron chi connectivity index (χ1n) is 12.8. The molecular formula is C27H35N7. The van der Waals surface area contributed by atoms with Crippen LogP contribution in [0.4, 0.5) is 5.82 Å². The topological polar surface area (TPSA) is 82.1 Å². The second-order valence-electron chi connectivity index (χ2n) is 10.2. The zero-order valence-electron chi connectivity index (χ0n) is 20.4. The predicted octanol–water partition coefficient (Wildman–Crippen LogP) is 4.78. The van der Waals surface area contributed by atoms with Crippen molar-refractivity contribution in [1.29, 1.82) is 5.26 Å². The predicted molar refractivity (Wildman–Crippen MR) is 135 cm³/mol. The molecule has 1 saturated carbocycles. The highest BCUT2D eigenvalue weighted by molar-refractivity contribution is 5.81. The van der Waals surface area contributed by atoms with Crippen molar-refractivity contribution in [2.24, 2.45) is 11.8 Å². The van der Waals surface area contributed by atoms with Crippen LogP contribution >= 0.6 is 0 Å². The molecule has 5 rings (SSSR count).